The topological polar surface area (TPSA) is 66.4 Å². The molecule has 4 fully saturated rings. The van der Waals surface area contributed by atoms with Gasteiger partial charge in [-0.25, -0.2) is 8.42 Å². The molecule has 0 bridgehead atoms. The highest BCUT2D eigenvalue weighted by Gasteiger charge is 2.60. The van der Waals surface area contributed by atoms with Crippen LogP contribution in [0.2, 0.25) is 0 Å². The van der Waals surface area contributed by atoms with Crippen LogP contribution < -0.4 is 0 Å². The molecule has 0 aliphatic heterocycles. The summed E-state index contributed by atoms with van der Waals surface area (Å²) in [6, 6.07) is 0. The van der Waals surface area contributed by atoms with Crippen molar-refractivity contribution < 1.29 is 30.3 Å². The number of halogens is 3. The summed E-state index contributed by atoms with van der Waals surface area (Å²) in [4.78, 5) is 0. The molecule has 0 aromatic rings. The van der Waals surface area contributed by atoms with E-state index in [1.54, 1.807) is 0 Å². The Morgan fingerprint density at radius 1 is 0.923 bits per heavy atom. The number of rotatable bonds is 7. The number of hydrogen-bond acceptors (Lipinski definition) is 4. The Bertz CT molecular complexity index is 908. The quantitative estimate of drug-likeness (QED) is 0.168. The molecule has 0 N–H and O–H groups in total. The lowest BCUT2D eigenvalue weighted by Gasteiger charge is -2.61. The van der Waals surface area contributed by atoms with Crippen LogP contribution in [0.3, 0.4) is 0 Å². The van der Waals surface area contributed by atoms with Gasteiger partial charge in [-0.3, -0.25) is 0 Å². The lowest BCUT2D eigenvalue weighted by molar-refractivity contribution is -0.126. The Morgan fingerprint density at radius 2 is 1.51 bits per heavy atom. The van der Waals surface area contributed by atoms with Crippen LogP contribution in [0.4, 0.5) is 13.2 Å². The Kier molecular flexibility index (Phi) is 10.9. The van der Waals surface area contributed by atoms with Crippen molar-refractivity contribution in [3.05, 3.63) is 0 Å². The van der Waals surface area contributed by atoms with Gasteiger partial charge in [0.25, 0.3) is 0 Å². The molecule has 39 heavy (non-hydrogen) atoms. The largest absolute Gasteiger partial charge is 0.741 e. The Labute approximate surface area is 239 Å². The predicted molar refractivity (Wildman–Crippen MR) is 153 cm³/mol. The smallest absolute Gasteiger partial charge is 0.485 e. The van der Waals surface area contributed by atoms with Gasteiger partial charge in [0.2, 0.25) is 0 Å². The average Bonchev–Trinajstić information content (AvgIpc) is 3.15. The highest BCUT2D eigenvalue weighted by Crippen LogP contribution is 2.68. The number of fused-ring (bicyclic) bond motifs is 5. The second-order valence-corrected chi connectivity index (χ2v) is 17.4. The van der Waals surface area contributed by atoms with E-state index in [2.05, 4.69) is 47.1 Å². The molecular formula is C30H53F3O4S2. The summed E-state index contributed by atoms with van der Waals surface area (Å²) in [5.41, 5.74) is -4.40. The predicted octanol–water partition coefficient (Wildman–Crippen LogP) is 8.34. The van der Waals surface area contributed by atoms with Crippen molar-refractivity contribution in [1.29, 1.82) is 0 Å². The van der Waals surface area contributed by atoms with Gasteiger partial charge in [-0.05, 0) is 110 Å². The molecule has 9 heteroatoms. The summed E-state index contributed by atoms with van der Waals surface area (Å²) < 4.78 is 65.2. The molecule has 9 atom stereocenters. The van der Waals surface area contributed by atoms with Crippen LogP contribution in [-0.2, 0) is 25.5 Å². The van der Waals surface area contributed by atoms with Gasteiger partial charge >= 0.3 is 5.51 Å². The molecule has 0 amide bonds. The highest BCUT2D eigenvalue weighted by molar-refractivity contribution is 7.90. The summed E-state index contributed by atoms with van der Waals surface area (Å²) in [7, 11) is -6.09. The minimum Gasteiger partial charge on any atom is -0.741 e. The molecule has 0 aromatic carbocycles. The fourth-order valence-corrected chi connectivity index (χ4v) is 10.3. The maximum absolute atomic E-state index is 10.7. The SMILES string of the molecule is CC(C)CCC[C@@H](C)[C@H]1CC[C@H]2[C@@H]3CCC4C[C@@H](O[S+](C)C)CC[C@]4(C)[C@H]3CC[C@]12C.O=S(=O)([O-])C(F)(F)F. The van der Waals surface area contributed by atoms with Gasteiger partial charge in [0.1, 0.15) is 29.8 Å². The fraction of sp³-hybridized carbons (Fsp3) is 1.00. The maximum Gasteiger partial charge on any atom is 0.485 e. The lowest BCUT2D eigenvalue weighted by atomic mass is 9.44. The molecule has 0 heterocycles. The molecule has 1 unspecified atom stereocenters. The zero-order valence-electron chi connectivity index (χ0n) is 25.2. The average molecular weight is 599 g/mol. The van der Waals surface area contributed by atoms with E-state index in [1.807, 2.05) is 0 Å². The molecule has 0 saturated heterocycles. The van der Waals surface area contributed by atoms with E-state index in [0.717, 1.165) is 41.4 Å². The third-order valence-electron chi connectivity index (χ3n) is 11.4. The molecule has 0 aromatic heterocycles. The minimum absolute atomic E-state index is 0.130. The Hall–Kier alpha value is 0.01000. The van der Waals surface area contributed by atoms with Crippen molar-refractivity contribution in [2.24, 2.45) is 52.3 Å². The summed E-state index contributed by atoms with van der Waals surface area (Å²) in [5, 5.41) is 0. The van der Waals surface area contributed by atoms with E-state index in [4.69, 9.17) is 17.2 Å². The van der Waals surface area contributed by atoms with Gasteiger partial charge < -0.3 is 4.55 Å². The first-order chi connectivity index (χ1) is 17.9. The second kappa shape index (κ2) is 12.7. The summed E-state index contributed by atoms with van der Waals surface area (Å²) in [6.45, 7) is 12.8. The third kappa shape index (κ3) is 7.51. The van der Waals surface area contributed by atoms with E-state index >= 15 is 0 Å². The molecule has 230 valence electrons. The Balaban J connectivity index is 0.000000459. The summed E-state index contributed by atoms with van der Waals surface area (Å²) in [6.07, 6.45) is 22.6. The van der Waals surface area contributed by atoms with Gasteiger partial charge in [-0.2, -0.15) is 17.4 Å². The van der Waals surface area contributed by atoms with Crippen molar-refractivity contribution in [3.63, 3.8) is 0 Å². The number of alkyl halides is 3. The molecule has 4 rings (SSSR count). The highest BCUT2D eigenvalue weighted by atomic mass is 32.2. The van der Waals surface area contributed by atoms with Crippen LogP contribution in [0.1, 0.15) is 112 Å². The van der Waals surface area contributed by atoms with E-state index in [1.165, 1.54) is 77.0 Å². The van der Waals surface area contributed by atoms with E-state index in [-0.39, 0.29) is 11.2 Å². The van der Waals surface area contributed by atoms with Crippen LogP contribution in [-0.4, -0.2) is 37.1 Å². The minimum atomic E-state index is -6.09. The van der Waals surface area contributed by atoms with Crippen LogP contribution in [0.25, 0.3) is 0 Å². The lowest BCUT2D eigenvalue weighted by Crippen LogP contribution is -2.54. The zero-order chi connectivity index (χ0) is 29.4. The van der Waals surface area contributed by atoms with Gasteiger partial charge in [-0.1, -0.05) is 53.9 Å². The Morgan fingerprint density at radius 3 is 2.08 bits per heavy atom. The molecule has 4 nitrogen and oxygen atoms in total. The van der Waals surface area contributed by atoms with Crippen molar-refractivity contribution in [1.82, 2.24) is 0 Å². The maximum atomic E-state index is 10.7. The van der Waals surface area contributed by atoms with Crippen LogP contribution >= 0.6 is 0 Å². The summed E-state index contributed by atoms with van der Waals surface area (Å²) >= 11 is 0.130. The van der Waals surface area contributed by atoms with E-state index < -0.39 is 15.6 Å². The molecule has 4 aliphatic rings. The molecule has 0 radical (unpaired) electrons. The third-order valence-corrected chi connectivity index (χ3v) is 12.7. The van der Waals surface area contributed by atoms with Crippen LogP contribution in [0, 0.1) is 52.3 Å². The molecule has 4 aliphatic carbocycles. The molecule has 0 spiro atoms. The van der Waals surface area contributed by atoms with Crippen molar-refractivity contribution in [2.45, 2.75) is 123 Å². The number of hydrogen-bond donors (Lipinski definition) is 0. The van der Waals surface area contributed by atoms with Crippen molar-refractivity contribution >= 4 is 21.3 Å². The molecular weight excluding hydrogens is 545 g/mol. The normalized spacial score (nSPS) is 39.4. The van der Waals surface area contributed by atoms with E-state index in [0.29, 0.717) is 16.9 Å². The zero-order valence-corrected chi connectivity index (χ0v) is 26.8. The summed E-state index contributed by atoms with van der Waals surface area (Å²) in [5.74, 6) is 6.76. The second-order valence-electron chi connectivity index (χ2n) is 14.3. The van der Waals surface area contributed by atoms with Gasteiger partial charge in [0, 0.05) is 0 Å². The van der Waals surface area contributed by atoms with Crippen LogP contribution in [0.5, 0.6) is 0 Å². The van der Waals surface area contributed by atoms with Crippen molar-refractivity contribution in [2.75, 3.05) is 12.5 Å². The van der Waals surface area contributed by atoms with Crippen LogP contribution in [0.15, 0.2) is 0 Å². The fourth-order valence-electron chi connectivity index (χ4n) is 9.60. The van der Waals surface area contributed by atoms with Gasteiger partial charge in [-0.15, -0.1) is 0 Å². The molecule has 4 saturated carbocycles. The first-order valence-electron chi connectivity index (χ1n) is 15.2. The van der Waals surface area contributed by atoms with Gasteiger partial charge in [0.05, 0.1) is 0 Å². The monoisotopic (exact) mass is 598 g/mol. The van der Waals surface area contributed by atoms with Gasteiger partial charge in [0.15, 0.2) is 10.1 Å². The van der Waals surface area contributed by atoms with E-state index in [9.17, 15) is 13.2 Å². The first-order valence-corrected chi connectivity index (χ1v) is 18.5. The standard InChI is InChI=1S/C29H53OS.CHF3O3S/c1-20(2)9-8-10-21(3)25-13-14-26-24-12-11-22-19-23(30-31(6)7)15-17-28(22,4)27(24)16-18-29(25,26)5;2-1(3,4)8(5,6)7/h20-27H,8-19H2,1-7H3;(H,5,6,7)/q+1;/p-1/t21-,22?,23+,24+,25-,26+,27+,28+,29-;/m1./s1. The first kappa shape index (κ1) is 33.5. The van der Waals surface area contributed by atoms with Crippen molar-refractivity contribution in [3.8, 4) is 0 Å².